The molecule has 1 N–H and O–H groups in total. The third kappa shape index (κ3) is 3.51. The van der Waals surface area contributed by atoms with Gasteiger partial charge in [0, 0.05) is 17.1 Å². The number of aryl methyl sites for hydroxylation is 1. The van der Waals surface area contributed by atoms with Crippen LogP contribution in [0.25, 0.3) is 10.6 Å². The fourth-order valence-electron chi connectivity index (χ4n) is 2.31. The highest BCUT2D eigenvalue weighted by atomic mass is 32.1. The lowest BCUT2D eigenvalue weighted by Gasteiger charge is -2.05. The van der Waals surface area contributed by atoms with Crippen molar-refractivity contribution in [2.24, 2.45) is 0 Å². The first-order valence-electron chi connectivity index (χ1n) is 7.83. The first-order valence-corrected chi connectivity index (χ1v) is 8.71. The molecule has 0 fully saturated rings. The summed E-state index contributed by atoms with van der Waals surface area (Å²) in [4.78, 5) is 21.0. The van der Waals surface area contributed by atoms with Crippen molar-refractivity contribution in [3.8, 4) is 10.6 Å². The van der Waals surface area contributed by atoms with E-state index in [4.69, 9.17) is 0 Å². The summed E-state index contributed by atoms with van der Waals surface area (Å²) in [5.74, 6) is 0.828. The highest BCUT2D eigenvalue weighted by Crippen LogP contribution is 2.26. The monoisotopic (exact) mass is 337 g/mol. The molecule has 0 aliphatic heterocycles. The molecule has 0 saturated carbocycles. The second-order valence-electron chi connectivity index (χ2n) is 5.94. The zero-order valence-corrected chi connectivity index (χ0v) is 14.7. The molecule has 0 spiro atoms. The van der Waals surface area contributed by atoms with Gasteiger partial charge in [-0.15, -0.1) is 11.3 Å². The normalized spacial score (nSPS) is 10.8. The summed E-state index contributed by atoms with van der Waals surface area (Å²) in [6.07, 6.45) is 1.66. The number of carbonyl (C=O) groups is 1. The summed E-state index contributed by atoms with van der Waals surface area (Å²) >= 11 is 1.47. The summed E-state index contributed by atoms with van der Waals surface area (Å²) in [6.45, 7) is 6.24. The Balaban J connectivity index is 1.77. The second kappa shape index (κ2) is 6.93. The number of nitrogens with zero attached hydrogens (tertiary/aromatic N) is 2. The first-order chi connectivity index (χ1) is 11.5. The smallest absolute Gasteiger partial charge is 0.276 e. The quantitative estimate of drug-likeness (QED) is 0.737. The molecule has 24 heavy (non-hydrogen) atoms. The fraction of sp³-hybridized carbons (Fsp3) is 0.211. The van der Waals surface area contributed by atoms with Gasteiger partial charge in [0.2, 0.25) is 0 Å². The highest BCUT2D eigenvalue weighted by molar-refractivity contribution is 7.13. The van der Waals surface area contributed by atoms with E-state index in [2.05, 4.69) is 53.4 Å². The molecule has 0 bridgehead atoms. The second-order valence-corrected chi connectivity index (χ2v) is 6.80. The SMILES string of the molecule is Cc1cccnc1NC(=O)c1csc(-c2ccc(C(C)C)cc2)n1. The van der Waals surface area contributed by atoms with Crippen molar-refractivity contribution in [1.29, 1.82) is 0 Å². The maximum absolute atomic E-state index is 12.3. The number of hydrogen-bond donors (Lipinski definition) is 1. The lowest BCUT2D eigenvalue weighted by atomic mass is 10.0. The van der Waals surface area contributed by atoms with E-state index in [0.29, 0.717) is 17.4 Å². The minimum absolute atomic E-state index is 0.238. The van der Waals surface area contributed by atoms with Crippen molar-refractivity contribution in [2.75, 3.05) is 5.32 Å². The van der Waals surface area contributed by atoms with Crippen LogP contribution in [0.2, 0.25) is 0 Å². The fourth-order valence-corrected chi connectivity index (χ4v) is 3.12. The molecule has 1 amide bonds. The number of nitrogens with one attached hydrogen (secondary N) is 1. The third-order valence-corrected chi connectivity index (χ3v) is 4.69. The van der Waals surface area contributed by atoms with Gasteiger partial charge in [0.1, 0.15) is 16.5 Å². The van der Waals surface area contributed by atoms with E-state index < -0.39 is 0 Å². The summed E-state index contributed by atoms with van der Waals surface area (Å²) in [5.41, 5.74) is 3.65. The number of benzene rings is 1. The van der Waals surface area contributed by atoms with Crippen LogP contribution in [0.1, 0.15) is 41.4 Å². The number of carbonyl (C=O) groups excluding carboxylic acids is 1. The van der Waals surface area contributed by atoms with Gasteiger partial charge < -0.3 is 5.32 Å². The molecule has 3 aromatic rings. The van der Waals surface area contributed by atoms with E-state index in [1.807, 2.05) is 19.1 Å². The topological polar surface area (TPSA) is 54.9 Å². The molecule has 0 aliphatic carbocycles. The van der Waals surface area contributed by atoms with Gasteiger partial charge in [0.25, 0.3) is 5.91 Å². The molecule has 5 heteroatoms. The molecule has 3 rings (SSSR count). The largest absolute Gasteiger partial charge is 0.305 e. The number of hydrogen-bond acceptors (Lipinski definition) is 4. The van der Waals surface area contributed by atoms with Gasteiger partial charge in [-0.05, 0) is 30.0 Å². The predicted molar refractivity (Wildman–Crippen MR) is 98.6 cm³/mol. The van der Waals surface area contributed by atoms with Crippen LogP contribution in [-0.2, 0) is 0 Å². The summed E-state index contributed by atoms with van der Waals surface area (Å²) in [6, 6.07) is 12.1. The highest BCUT2D eigenvalue weighted by Gasteiger charge is 2.13. The Bertz CT molecular complexity index is 853. The molecule has 0 radical (unpaired) electrons. The van der Waals surface area contributed by atoms with Crippen molar-refractivity contribution in [3.05, 3.63) is 64.8 Å². The Morgan fingerprint density at radius 2 is 1.92 bits per heavy atom. The Morgan fingerprint density at radius 1 is 1.17 bits per heavy atom. The van der Waals surface area contributed by atoms with Crippen molar-refractivity contribution in [2.45, 2.75) is 26.7 Å². The van der Waals surface area contributed by atoms with Crippen LogP contribution in [-0.4, -0.2) is 15.9 Å². The Morgan fingerprint density at radius 3 is 2.58 bits per heavy atom. The van der Waals surface area contributed by atoms with Gasteiger partial charge in [0.15, 0.2) is 0 Å². The van der Waals surface area contributed by atoms with Crippen LogP contribution < -0.4 is 5.32 Å². The van der Waals surface area contributed by atoms with E-state index in [1.165, 1.54) is 16.9 Å². The molecule has 1 aromatic carbocycles. The molecule has 0 unspecified atom stereocenters. The first kappa shape index (κ1) is 16.3. The number of pyridine rings is 1. The molecule has 4 nitrogen and oxygen atoms in total. The zero-order valence-electron chi connectivity index (χ0n) is 13.9. The van der Waals surface area contributed by atoms with Crippen LogP contribution in [0.5, 0.6) is 0 Å². The van der Waals surface area contributed by atoms with E-state index in [0.717, 1.165) is 16.1 Å². The molecule has 2 heterocycles. The average molecular weight is 337 g/mol. The van der Waals surface area contributed by atoms with Gasteiger partial charge in [-0.25, -0.2) is 9.97 Å². The summed E-state index contributed by atoms with van der Waals surface area (Å²) in [5, 5.41) is 5.43. The van der Waals surface area contributed by atoms with Gasteiger partial charge in [-0.3, -0.25) is 4.79 Å². The zero-order chi connectivity index (χ0) is 17.1. The van der Waals surface area contributed by atoms with Gasteiger partial charge in [-0.1, -0.05) is 44.2 Å². The van der Waals surface area contributed by atoms with E-state index in [1.54, 1.807) is 11.6 Å². The van der Waals surface area contributed by atoms with E-state index in [9.17, 15) is 4.79 Å². The Hall–Kier alpha value is -2.53. The summed E-state index contributed by atoms with van der Waals surface area (Å²) < 4.78 is 0. The molecular formula is C19H19N3OS. The predicted octanol–water partition coefficient (Wildman–Crippen LogP) is 4.89. The Kier molecular flexibility index (Phi) is 4.71. The van der Waals surface area contributed by atoms with Crippen molar-refractivity contribution in [3.63, 3.8) is 0 Å². The number of anilines is 1. The van der Waals surface area contributed by atoms with Crippen LogP contribution in [0.3, 0.4) is 0 Å². The van der Waals surface area contributed by atoms with Crippen LogP contribution >= 0.6 is 11.3 Å². The number of rotatable bonds is 4. The standard InChI is InChI=1S/C19H19N3OS/c1-12(2)14-6-8-15(9-7-14)19-21-16(11-24-19)18(23)22-17-13(3)5-4-10-20-17/h4-12H,1-3H3,(H,20,22,23). The van der Waals surface area contributed by atoms with Crippen molar-refractivity contribution >= 4 is 23.1 Å². The van der Waals surface area contributed by atoms with Crippen LogP contribution in [0.15, 0.2) is 48.0 Å². The van der Waals surface area contributed by atoms with Crippen molar-refractivity contribution in [1.82, 2.24) is 9.97 Å². The van der Waals surface area contributed by atoms with Crippen molar-refractivity contribution < 1.29 is 4.79 Å². The molecule has 0 aliphatic rings. The maximum atomic E-state index is 12.3. The number of aromatic nitrogens is 2. The van der Waals surface area contributed by atoms with Crippen LogP contribution in [0, 0.1) is 6.92 Å². The van der Waals surface area contributed by atoms with Gasteiger partial charge in [-0.2, -0.15) is 0 Å². The average Bonchev–Trinajstić information content (AvgIpc) is 3.07. The number of amides is 1. The van der Waals surface area contributed by atoms with E-state index in [-0.39, 0.29) is 5.91 Å². The molecular weight excluding hydrogens is 318 g/mol. The maximum Gasteiger partial charge on any atom is 0.276 e. The molecule has 0 atom stereocenters. The van der Waals surface area contributed by atoms with Gasteiger partial charge in [0.05, 0.1) is 0 Å². The Labute approximate surface area is 145 Å². The third-order valence-electron chi connectivity index (χ3n) is 3.80. The van der Waals surface area contributed by atoms with Gasteiger partial charge >= 0.3 is 0 Å². The lowest BCUT2D eigenvalue weighted by Crippen LogP contribution is -2.14. The van der Waals surface area contributed by atoms with Crippen LogP contribution in [0.4, 0.5) is 5.82 Å². The van der Waals surface area contributed by atoms with E-state index >= 15 is 0 Å². The number of thiazole rings is 1. The molecule has 122 valence electrons. The molecule has 0 saturated heterocycles. The summed E-state index contributed by atoms with van der Waals surface area (Å²) in [7, 11) is 0. The minimum atomic E-state index is -0.238. The molecule has 2 aromatic heterocycles. The lowest BCUT2D eigenvalue weighted by molar-refractivity contribution is 0.102. The minimum Gasteiger partial charge on any atom is -0.305 e.